The van der Waals surface area contributed by atoms with E-state index in [0.717, 1.165) is 50.6 Å². The standard InChI is InChI=1S/C31H56NO5S.C7H8O3S/c1-2-3-4-5-6-7-8-9-10-11-12-13-14-15-18-21-30-35-26-29(37-30)27-36-31(33)34-24-20-17-16-19-22-32-23-25-38-28-32;1-6-2-4-7(5-3-6)11(8,9)10/h23,25,28-30H,2-22,24,26-27H2,1H3;2-5H,1H3,(H,8,9,10)/q+1;/p-1/t29-,30+;/m1./s1. The van der Waals surface area contributed by atoms with E-state index in [1.165, 1.54) is 102 Å². The second-order valence-electron chi connectivity index (χ2n) is 13.1. The fraction of sp³-hybridized carbons (Fsp3) is 0.737. The molecule has 0 bridgehead atoms. The monoisotopic (exact) mass is 725 g/mol. The van der Waals surface area contributed by atoms with Gasteiger partial charge in [-0.05, 0) is 51.2 Å². The number of hydrogen-bond donors (Lipinski definition) is 0. The smallest absolute Gasteiger partial charge is 0.508 e. The van der Waals surface area contributed by atoms with Gasteiger partial charge in [-0.3, -0.25) is 0 Å². The first kappa shape index (κ1) is 43.1. The van der Waals surface area contributed by atoms with Crippen molar-refractivity contribution in [1.29, 1.82) is 0 Å². The molecule has 0 unspecified atom stereocenters. The van der Waals surface area contributed by atoms with Gasteiger partial charge in [0.1, 0.15) is 29.4 Å². The van der Waals surface area contributed by atoms with Crippen molar-refractivity contribution in [3.05, 3.63) is 46.9 Å². The maximum atomic E-state index is 11.8. The number of thiazole rings is 1. The number of aryl methyl sites for hydroxylation is 2. The average molecular weight is 726 g/mol. The largest absolute Gasteiger partial charge is 0.744 e. The van der Waals surface area contributed by atoms with Crippen molar-refractivity contribution in [3.8, 4) is 0 Å². The number of carbonyl (C=O) groups is 1. The minimum Gasteiger partial charge on any atom is -0.744 e. The number of nitrogens with zero attached hydrogens (tertiary/aromatic N) is 1. The Labute approximate surface area is 300 Å². The fourth-order valence-corrected chi connectivity index (χ4v) is 6.73. The summed E-state index contributed by atoms with van der Waals surface area (Å²) in [6.45, 7) is 6.25. The molecule has 0 amide bonds. The highest BCUT2D eigenvalue weighted by atomic mass is 32.2. The first-order valence-corrected chi connectivity index (χ1v) is 21.1. The van der Waals surface area contributed by atoms with Gasteiger partial charge in [-0.25, -0.2) is 13.2 Å². The molecule has 2 aromatic rings. The number of carbonyl (C=O) groups excluding carboxylic acids is 1. The Morgan fingerprint density at radius 3 is 1.98 bits per heavy atom. The maximum absolute atomic E-state index is 11.8. The van der Waals surface area contributed by atoms with Gasteiger partial charge in [0.2, 0.25) is 5.51 Å². The molecule has 2 atom stereocenters. The molecule has 0 spiro atoms. The van der Waals surface area contributed by atoms with Gasteiger partial charge >= 0.3 is 6.16 Å². The van der Waals surface area contributed by atoms with E-state index in [1.807, 2.05) is 6.92 Å². The zero-order valence-electron chi connectivity index (χ0n) is 30.2. The Hall–Kier alpha value is -2.05. The first-order valence-electron chi connectivity index (χ1n) is 18.8. The molecule has 49 heavy (non-hydrogen) atoms. The Morgan fingerprint density at radius 2 is 1.41 bits per heavy atom. The Morgan fingerprint density at radius 1 is 0.837 bits per heavy atom. The van der Waals surface area contributed by atoms with Crippen LogP contribution in [-0.4, -0.2) is 51.3 Å². The number of unbranched alkanes of at least 4 members (excludes halogenated alkanes) is 17. The summed E-state index contributed by atoms with van der Waals surface area (Å²) in [5.74, 6) is 0. The van der Waals surface area contributed by atoms with E-state index in [0.29, 0.717) is 13.2 Å². The van der Waals surface area contributed by atoms with Crippen LogP contribution in [-0.2, 0) is 35.6 Å². The van der Waals surface area contributed by atoms with Crippen LogP contribution in [0.4, 0.5) is 4.79 Å². The van der Waals surface area contributed by atoms with Crippen LogP contribution in [0.25, 0.3) is 0 Å². The third-order valence-electron chi connectivity index (χ3n) is 8.61. The molecule has 3 rings (SSSR count). The summed E-state index contributed by atoms with van der Waals surface area (Å²) in [5.41, 5.74) is 3.05. The van der Waals surface area contributed by atoms with E-state index in [1.54, 1.807) is 23.5 Å². The van der Waals surface area contributed by atoms with Crippen LogP contribution in [0.15, 0.2) is 46.2 Å². The summed E-state index contributed by atoms with van der Waals surface area (Å²) in [5, 5.41) is 2.09. The molecule has 9 nitrogen and oxygen atoms in total. The summed E-state index contributed by atoms with van der Waals surface area (Å²) in [4.78, 5) is 11.6. The Balaban J connectivity index is 0.000000639. The predicted molar refractivity (Wildman–Crippen MR) is 194 cm³/mol. The minimum atomic E-state index is -4.27. The van der Waals surface area contributed by atoms with E-state index in [2.05, 4.69) is 28.6 Å². The quantitative estimate of drug-likeness (QED) is 0.0408. The number of ether oxygens (including phenoxy) is 4. The summed E-state index contributed by atoms with van der Waals surface area (Å²) < 4.78 is 55.4. The molecule has 0 saturated carbocycles. The third kappa shape index (κ3) is 23.1. The highest BCUT2D eigenvalue weighted by molar-refractivity contribution is 7.85. The van der Waals surface area contributed by atoms with Crippen LogP contribution in [0.5, 0.6) is 0 Å². The van der Waals surface area contributed by atoms with Crippen molar-refractivity contribution in [1.82, 2.24) is 0 Å². The van der Waals surface area contributed by atoms with Gasteiger partial charge in [0, 0.05) is 6.42 Å². The van der Waals surface area contributed by atoms with Crippen LogP contribution < -0.4 is 4.57 Å². The first-order chi connectivity index (χ1) is 23.8. The third-order valence-corrected chi connectivity index (χ3v) is 10.1. The number of benzene rings is 1. The van der Waals surface area contributed by atoms with Crippen LogP contribution in [0, 0.1) is 6.92 Å². The Bertz CT molecular complexity index is 1170. The SMILES string of the molecule is CCCCCCCCCCCCCCCCC[C@H]1OC[C@H](COC(=O)OCCCCCC[n+]2ccsc2)O1.Cc1ccc(S(=O)(=O)[O-])cc1. The second kappa shape index (κ2) is 27.6. The van der Waals surface area contributed by atoms with Crippen LogP contribution in [0.3, 0.4) is 0 Å². The molecule has 1 saturated heterocycles. The van der Waals surface area contributed by atoms with Gasteiger partial charge in [-0.15, -0.1) is 0 Å². The summed E-state index contributed by atoms with van der Waals surface area (Å²) >= 11 is 1.71. The molecule has 1 aliphatic rings. The molecule has 0 N–H and O–H groups in total. The number of aromatic nitrogens is 1. The summed E-state index contributed by atoms with van der Waals surface area (Å²) in [6.07, 6.45) is 26.8. The highest BCUT2D eigenvalue weighted by Gasteiger charge is 2.26. The fourth-order valence-electron chi connectivity index (χ4n) is 5.63. The lowest BCUT2D eigenvalue weighted by atomic mass is 10.0. The zero-order chi connectivity index (χ0) is 35.4. The molecular weight excluding hydrogens is 663 g/mol. The maximum Gasteiger partial charge on any atom is 0.508 e. The van der Waals surface area contributed by atoms with E-state index >= 15 is 0 Å². The molecule has 1 aromatic heterocycles. The normalized spacial score (nSPS) is 15.9. The molecule has 1 aliphatic heterocycles. The van der Waals surface area contributed by atoms with Crippen molar-refractivity contribution in [3.63, 3.8) is 0 Å². The van der Waals surface area contributed by atoms with Gasteiger partial charge in [0.25, 0.3) is 0 Å². The van der Waals surface area contributed by atoms with Crippen molar-refractivity contribution in [2.75, 3.05) is 19.8 Å². The van der Waals surface area contributed by atoms with E-state index in [9.17, 15) is 17.8 Å². The minimum absolute atomic E-state index is 0.158. The summed E-state index contributed by atoms with van der Waals surface area (Å²) in [7, 11) is -4.27. The van der Waals surface area contributed by atoms with E-state index in [4.69, 9.17) is 18.9 Å². The highest BCUT2D eigenvalue weighted by Crippen LogP contribution is 2.19. The lowest BCUT2D eigenvalue weighted by molar-refractivity contribution is -0.692. The topological polar surface area (TPSA) is 115 Å². The van der Waals surface area contributed by atoms with Crippen molar-refractivity contribution in [2.24, 2.45) is 0 Å². The Kier molecular flexibility index (Phi) is 24.3. The molecule has 2 heterocycles. The van der Waals surface area contributed by atoms with Gasteiger partial charge in [-0.2, -0.15) is 4.57 Å². The van der Waals surface area contributed by atoms with Crippen molar-refractivity contribution < 1.29 is 41.3 Å². The summed E-state index contributed by atoms with van der Waals surface area (Å²) in [6, 6.07) is 5.78. The lowest BCUT2D eigenvalue weighted by Gasteiger charge is -2.12. The molecule has 11 heteroatoms. The lowest BCUT2D eigenvalue weighted by Crippen LogP contribution is -2.29. The molecule has 0 aliphatic carbocycles. The predicted octanol–water partition coefficient (Wildman–Crippen LogP) is 9.65. The molecule has 280 valence electrons. The van der Waals surface area contributed by atoms with Crippen LogP contribution in [0.2, 0.25) is 0 Å². The second-order valence-corrected chi connectivity index (χ2v) is 15.2. The average Bonchev–Trinajstić information content (AvgIpc) is 3.78. The van der Waals surface area contributed by atoms with E-state index < -0.39 is 16.3 Å². The molecular formula is C38H63NO8S2. The van der Waals surface area contributed by atoms with Crippen LogP contribution >= 0.6 is 11.3 Å². The van der Waals surface area contributed by atoms with Gasteiger partial charge in [0.15, 0.2) is 12.5 Å². The van der Waals surface area contributed by atoms with Crippen molar-refractivity contribution >= 4 is 27.6 Å². The van der Waals surface area contributed by atoms with Crippen LogP contribution in [0.1, 0.15) is 141 Å². The van der Waals surface area contributed by atoms with Gasteiger partial charge < -0.3 is 23.5 Å². The van der Waals surface area contributed by atoms with Gasteiger partial charge in [0.05, 0.1) is 23.5 Å². The van der Waals surface area contributed by atoms with Crippen molar-refractivity contribution in [2.45, 2.75) is 166 Å². The molecule has 1 fully saturated rings. The molecule has 0 radical (unpaired) electrons. The van der Waals surface area contributed by atoms with Gasteiger partial charge in [-0.1, -0.05) is 126 Å². The van der Waals surface area contributed by atoms with E-state index in [-0.39, 0.29) is 23.9 Å². The number of hydrogen-bond acceptors (Lipinski definition) is 9. The number of rotatable bonds is 26. The molecule has 1 aromatic carbocycles. The zero-order valence-corrected chi connectivity index (χ0v) is 31.8.